The molecule has 31 heavy (non-hydrogen) atoms. The summed E-state index contributed by atoms with van der Waals surface area (Å²) in [4.78, 5) is 5.17. The summed E-state index contributed by atoms with van der Waals surface area (Å²) in [6.07, 6.45) is 0. The smallest absolute Gasteiger partial charge is 0.161 e. The predicted octanol–water partition coefficient (Wildman–Crippen LogP) is 6.62. The molecule has 0 aliphatic heterocycles. The average Bonchev–Trinajstić information content (AvgIpc) is 2.83. The Bertz CT molecular complexity index is 1410. The fraction of sp³-hybridized carbons (Fsp3) is 0.148. The second-order valence-corrected chi connectivity index (χ2v) is 7.35. The monoisotopic (exact) mass is 409 g/mol. The highest BCUT2D eigenvalue weighted by Crippen LogP contribution is 2.41. The zero-order valence-corrected chi connectivity index (χ0v) is 17.8. The molecule has 5 aromatic rings. The lowest BCUT2D eigenvalue weighted by Crippen LogP contribution is -1.95. The van der Waals surface area contributed by atoms with Crippen LogP contribution in [0.3, 0.4) is 0 Å². The average molecular weight is 409 g/mol. The summed E-state index contributed by atoms with van der Waals surface area (Å²) in [6, 6.07) is 24.8. The van der Waals surface area contributed by atoms with E-state index in [0.29, 0.717) is 18.1 Å². The molecule has 0 saturated heterocycles. The van der Waals surface area contributed by atoms with E-state index in [9.17, 15) is 0 Å². The van der Waals surface area contributed by atoms with Crippen LogP contribution in [0, 0.1) is 0 Å². The molecular weight excluding hydrogens is 386 g/mol. The molecule has 4 aromatic carbocycles. The van der Waals surface area contributed by atoms with Crippen molar-refractivity contribution in [2.24, 2.45) is 0 Å². The minimum Gasteiger partial charge on any atom is -0.494 e. The van der Waals surface area contributed by atoms with Crippen LogP contribution < -0.4 is 14.2 Å². The van der Waals surface area contributed by atoms with Gasteiger partial charge in [-0.1, -0.05) is 36.4 Å². The number of fused-ring (bicyclic) bond motifs is 5. The lowest BCUT2D eigenvalue weighted by Gasteiger charge is -2.15. The highest BCUT2D eigenvalue weighted by molar-refractivity contribution is 6.18. The molecule has 0 amide bonds. The van der Waals surface area contributed by atoms with E-state index in [1.165, 1.54) is 5.39 Å². The lowest BCUT2D eigenvalue weighted by molar-refractivity contribution is 0.340. The third kappa shape index (κ3) is 3.21. The Hall–Kier alpha value is -3.79. The van der Waals surface area contributed by atoms with Crippen LogP contribution in [0.4, 0.5) is 0 Å². The van der Waals surface area contributed by atoms with E-state index in [1.807, 2.05) is 31.2 Å². The van der Waals surface area contributed by atoms with Crippen LogP contribution in [0.1, 0.15) is 6.92 Å². The maximum atomic E-state index is 5.62. The number of nitrogens with zero attached hydrogens (tertiary/aromatic N) is 1. The summed E-state index contributed by atoms with van der Waals surface area (Å²) < 4.78 is 16.8. The van der Waals surface area contributed by atoms with Gasteiger partial charge in [0.15, 0.2) is 11.5 Å². The Balaban J connectivity index is 1.89. The van der Waals surface area contributed by atoms with Gasteiger partial charge in [-0.2, -0.15) is 0 Å². The van der Waals surface area contributed by atoms with Gasteiger partial charge in [-0.3, -0.25) is 0 Å². The fourth-order valence-corrected chi connectivity index (χ4v) is 4.16. The van der Waals surface area contributed by atoms with Gasteiger partial charge >= 0.3 is 0 Å². The van der Waals surface area contributed by atoms with Gasteiger partial charge in [-0.05, 0) is 54.1 Å². The van der Waals surface area contributed by atoms with Gasteiger partial charge in [-0.15, -0.1) is 0 Å². The maximum absolute atomic E-state index is 5.62. The molecule has 0 fully saturated rings. The van der Waals surface area contributed by atoms with E-state index in [-0.39, 0.29) is 0 Å². The molecule has 0 aliphatic carbocycles. The van der Waals surface area contributed by atoms with Gasteiger partial charge in [0.2, 0.25) is 0 Å². The maximum Gasteiger partial charge on any atom is 0.161 e. The van der Waals surface area contributed by atoms with E-state index in [2.05, 4.69) is 48.5 Å². The molecule has 0 bridgehead atoms. The number of hydrogen-bond acceptors (Lipinski definition) is 4. The Kier molecular flexibility index (Phi) is 4.83. The number of rotatable bonds is 5. The number of hydrogen-bond donors (Lipinski definition) is 0. The summed E-state index contributed by atoms with van der Waals surface area (Å²) in [7, 11) is 3.32. The number of ether oxygens (including phenoxy) is 3. The quantitative estimate of drug-likeness (QED) is 0.306. The van der Waals surface area contributed by atoms with Crippen LogP contribution in [-0.4, -0.2) is 25.8 Å². The molecular formula is C27H23NO3. The van der Waals surface area contributed by atoms with E-state index in [4.69, 9.17) is 19.2 Å². The number of methoxy groups -OCH3 is 2. The first-order valence-electron chi connectivity index (χ1n) is 10.3. The Morgan fingerprint density at radius 1 is 0.710 bits per heavy atom. The lowest BCUT2D eigenvalue weighted by atomic mass is 9.97. The van der Waals surface area contributed by atoms with Crippen molar-refractivity contribution in [1.82, 2.24) is 4.98 Å². The van der Waals surface area contributed by atoms with Crippen LogP contribution >= 0.6 is 0 Å². The van der Waals surface area contributed by atoms with Gasteiger partial charge in [-0.25, -0.2) is 4.98 Å². The molecule has 0 N–H and O–H groups in total. The van der Waals surface area contributed by atoms with E-state index >= 15 is 0 Å². The Morgan fingerprint density at radius 3 is 2.13 bits per heavy atom. The molecule has 0 radical (unpaired) electrons. The molecule has 0 unspecified atom stereocenters. The van der Waals surface area contributed by atoms with Crippen molar-refractivity contribution >= 4 is 32.4 Å². The number of pyridine rings is 1. The Morgan fingerprint density at radius 2 is 1.42 bits per heavy atom. The summed E-state index contributed by atoms with van der Waals surface area (Å²) >= 11 is 0. The first kappa shape index (κ1) is 19.2. The first-order chi connectivity index (χ1) is 15.2. The van der Waals surface area contributed by atoms with E-state index in [0.717, 1.165) is 44.1 Å². The molecule has 0 aliphatic rings. The summed E-state index contributed by atoms with van der Waals surface area (Å²) in [6.45, 7) is 2.62. The largest absolute Gasteiger partial charge is 0.494 e. The van der Waals surface area contributed by atoms with E-state index in [1.54, 1.807) is 14.2 Å². The number of benzene rings is 4. The molecule has 4 nitrogen and oxygen atoms in total. The van der Waals surface area contributed by atoms with Gasteiger partial charge in [0.1, 0.15) is 5.75 Å². The molecule has 5 rings (SSSR count). The molecule has 0 saturated carbocycles. The Labute approximate surface area is 181 Å². The second-order valence-electron chi connectivity index (χ2n) is 7.35. The van der Waals surface area contributed by atoms with Crippen molar-refractivity contribution in [2.75, 3.05) is 20.8 Å². The van der Waals surface area contributed by atoms with E-state index < -0.39 is 0 Å². The zero-order chi connectivity index (χ0) is 21.4. The zero-order valence-electron chi connectivity index (χ0n) is 17.8. The van der Waals surface area contributed by atoms with Crippen LogP contribution in [0.2, 0.25) is 0 Å². The van der Waals surface area contributed by atoms with Crippen molar-refractivity contribution in [2.45, 2.75) is 6.92 Å². The van der Waals surface area contributed by atoms with Crippen LogP contribution in [-0.2, 0) is 0 Å². The topological polar surface area (TPSA) is 40.6 Å². The van der Waals surface area contributed by atoms with Crippen molar-refractivity contribution < 1.29 is 14.2 Å². The minimum absolute atomic E-state index is 0.638. The normalized spacial score (nSPS) is 11.2. The predicted molar refractivity (Wildman–Crippen MR) is 126 cm³/mol. The first-order valence-corrected chi connectivity index (χ1v) is 10.3. The van der Waals surface area contributed by atoms with Gasteiger partial charge < -0.3 is 14.2 Å². The van der Waals surface area contributed by atoms with Crippen molar-refractivity contribution in [3.8, 4) is 28.5 Å². The molecule has 154 valence electrons. The van der Waals surface area contributed by atoms with Crippen molar-refractivity contribution in [3.63, 3.8) is 0 Å². The summed E-state index contributed by atoms with van der Waals surface area (Å²) in [5, 5.41) is 5.48. The standard InChI is InChI=1S/C27H23NO3/c1-4-31-19-12-9-18(10-13-19)26-23-16-25(30-3)24(29-2)15-22(23)21-14-11-17-7-5-6-8-20(17)27(21)28-26/h5-16H,4H2,1-3H3. The molecule has 0 atom stereocenters. The third-order valence-corrected chi connectivity index (χ3v) is 5.63. The van der Waals surface area contributed by atoms with Gasteiger partial charge in [0.25, 0.3) is 0 Å². The summed E-state index contributed by atoms with van der Waals surface area (Å²) in [5.41, 5.74) is 2.90. The minimum atomic E-state index is 0.638. The van der Waals surface area contributed by atoms with Crippen LogP contribution in [0.15, 0.2) is 72.8 Å². The van der Waals surface area contributed by atoms with Gasteiger partial charge in [0, 0.05) is 21.7 Å². The second kappa shape index (κ2) is 7.80. The summed E-state index contributed by atoms with van der Waals surface area (Å²) in [5.74, 6) is 2.23. The molecule has 0 spiro atoms. The fourth-order valence-electron chi connectivity index (χ4n) is 4.16. The molecule has 1 heterocycles. The van der Waals surface area contributed by atoms with Crippen molar-refractivity contribution in [1.29, 1.82) is 0 Å². The van der Waals surface area contributed by atoms with Crippen LogP contribution in [0.25, 0.3) is 43.7 Å². The molecule has 1 aromatic heterocycles. The molecule has 4 heteroatoms. The van der Waals surface area contributed by atoms with Crippen LogP contribution in [0.5, 0.6) is 17.2 Å². The number of aromatic nitrogens is 1. The third-order valence-electron chi connectivity index (χ3n) is 5.63. The van der Waals surface area contributed by atoms with Crippen molar-refractivity contribution in [3.05, 3.63) is 72.8 Å². The van der Waals surface area contributed by atoms with Gasteiger partial charge in [0.05, 0.1) is 32.0 Å². The SMILES string of the molecule is CCOc1ccc(-c2nc3c4ccccc4ccc3c3cc(OC)c(OC)cc23)cc1. The highest BCUT2D eigenvalue weighted by atomic mass is 16.5. The highest BCUT2D eigenvalue weighted by Gasteiger charge is 2.16.